The van der Waals surface area contributed by atoms with Crippen LogP contribution in [0, 0.1) is 5.92 Å². The average molecular weight is 408 g/mol. The van der Waals surface area contributed by atoms with Crippen LogP contribution in [0.4, 0.5) is 4.79 Å². The molecule has 1 saturated carbocycles. The van der Waals surface area contributed by atoms with Crippen LogP contribution in [0.5, 0.6) is 17.2 Å². The zero-order chi connectivity index (χ0) is 21.4. The second-order valence-electron chi connectivity index (χ2n) is 6.87. The molecular formula is C20H28N2O7. The highest BCUT2D eigenvalue weighted by molar-refractivity contribution is 5.98. The summed E-state index contributed by atoms with van der Waals surface area (Å²) in [4.78, 5) is 36.3. The van der Waals surface area contributed by atoms with Gasteiger partial charge in [-0.3, -0.25) is 10.1 Å². The molecule has 160 valence electrons. The van der Waals surface area contributed by atoms with Gasteiger partial charge in [0.1, 0.15) is 11.3 Å². The first-order valence-corrected chi connectivity index (χ1v) is 9.47. The second kappa shape index (κ2) is 10.5. The molecule has 0 radical (unpaired) electrons. The SMILES string of the molecule is COc1cc(OC)c(C(=O)OCC(=O)NC(=O)N[C@@H]2CCCC[C@@H]2C)cc1OC. The van der Waals surface area contributed by atoms with Crippen molar-refractivity contribution >= 4 is 17.9 Å². The van der Waals surface area contributed by atoms with Gasteiger partial charge in [-0.15, -0.1) is 0 Å². The highest BCUT2D eigenvalue weighted by atomic mass is 16.5. The molecule has 1 aromatic rings. The summed E-state index contributed by atoms with van der Waals surface area (Å²) in [5.41, 5.74) is 0.0680. The highest BCUT2D eigenvalue weighted by Gasteiger charge is 2.24. The van der Waals surface area contributed by atoms with Crippen molar-refractivity contribution in [3.8, 4) is 17.2 Å². The van der Waals surface area contributed by atoms with Gasteiger partial charge in [0, 0.05) is 18.2 Å². The molecule has 0 heterocycles. The van der Waals surface area contributed by atoms with Gasteiger partial charge >= 0.3 is 12.0 Å². The molecule has 2 rings (SSSR count). The zero-order valence-electron chi connectivity index (χ0n) is 17.2. The van der Waals surface area contributed by atoms with Crippen molar-refractivity contribution in [2.24, 2.45) is 5.92 Å². The van der Waals surface area contributed by atoms with Gasteiger partial charge in [-0.05, 0) is 18.8 Å². The van der Waals surface area contributed by atoms with Crippen molar-refractivity contribution in [2.45, 2.75) is 38.6 Å². The lowest BCUT2D eigenvalue weighted by Crippen LogP contribution is -2.48. The number of rotatable bonds is 7. The first-order chi connectivity index (χ1) is 13.9. The number of carbonyl (C=O) groups is 3. The lowest BCUT2D eigenvalue weighted by Gasteiger charge is -2.29. The molecular weight excluding hydrogens is 380 g/mol. The van der Waals surface area contributed by atoms with Crippen molar-refractivity contribution in [3.63, 3.8) is 0 Å². The van der Waals surface area contributed by atoms with E-state index in [0.717, 1.165) is 25.7 Å². The summed E-state index contributed by atoms with van der Waals surface area (Å²) < 4.78 is 20.5. The van der Waals surface area contributed by atoms with Crippen molar-refractivity contribution in [2.75, 3.05) is 27.9 Å². The van der Waals surface area contributed by atoms with E-state index in [9.17, 15) is 14.4 Å². The maximum atomic E-state index is 12.4. The number of nitrogens with one attached hydrogen (secondary N) is 2. The Bertz CT molecular complexity index is 751. The van der Waals surface area contributed by atoms with Crippen LogP contribution in [0.15, 0.2) is 12.1 Å². The molecule has 1 aliphatic carbocycles. The Morgan fingerprint density at radius 3 is 2.21 bits per heavy atom. The zero-order valence-corrected chi connectivity index (χ0v) is 17.2. The molecule has 0 bridgehead atoms. The average Bonchev–Trinajstić information content (AvgIpc) is 2.72. The lowest BCUT2D eigenvalue weighted by atomic mass is 9.86. The molecule has 0 saturated heterocycles. The number of hydrogen-bond donors (Lipinski definition) is 2. The Morgan fingerprint density at radius 2 is 1.59 bits per heavy atom. The quantitative estimate of drug-likeness (QED) is 0.666. The van der Waals surface area contributed by atoms with Gasteiger partial charge in [0.15, 0.2) is 18.1 Å². The molecule has 2 atom stereocenters. The Hall–Kier alpha value is -2.97. The van der Waals surface area contributed by atoms with E-state index >= 15 is 0 Å². The van der Waals surface area contributed by atoms with Gasteiger partial charge in [0.25, 0.3) is 5.91 Å². The number of amides is 3. The molecule has 29 heavy (non-hydrogen) atoms. The van der Waals surface area contributed by atoms with E-state index in [0.29, 0.717) is 17.4 Å². The molecule has 1 aliphatic rings. The normalized spacial score (nSPS) is 18.3. The molecule has 9 heteroatoms. The minimum Gasteiger partial charge on any atom is -0.496 e. The number of methoxy groups -OCH3 is 3. The van der Waals surface area contributed by atoms with E-state index in [1.165, 1.54) is 33.5 Å². The van der Waals surface area contributed by atoms with Crippen LogP contribution < -0.4 is 24.8 Å². The molecule has 9 nitrogen and oxygen atoms in total. The molecule has 1 aromatic carbocycles. The molecule has 0 spiro atoms. The van der Waals surface area contributed by atoms with Gasteiger partial charge in [0.2, 0.25) is 0 Å². The first kappa shape index (κ1) is 22.3. The van der Waals surface area contributed by atoms with E-state index < -0.39 is 24.5 Å². The standard InChI is InChI=1S/C20H28N2O7/c1-12-7-5-6-8-14(12)21-20(25)22-18(23)11-29-19(24)13-9-16(27-3)17(28-4)10-15(13)26-2/h9-10,12,14H,5-8,11H2,1-4H3,(H2,21,22,23,25)/t12-,14+/m0/s1. The Labute approximate surface area is 170 Å². The minimum atomic E-state index is -0.792. The van der Waals surface area contributed by atoms with E-state index in [-0.39, 0.29) is 17.4 Å². The van der Waals surface area contributed by atoms with Gasteiger partial charge in [-0.25, -0.2) is 9.59 Å². The summed E-state index contributed by atoms with van der Waals surface area (Å²) in [6, 6.07) is 2.33. The van der Waals surface area contributed by atoms with Crippen LogP contribution in [0.2, 0.25) is 0 Å². The van der Waals surface area contributed by atoms with Crippen molar-refractivity contribution in [1.82, 2.24) is 10.6 Å². The number of benzene rings is 1. The van der Waals surface area contributed by atoms with Crippen LogP contribution in [0.1, 0.15) is 43.0 Å². The highest BCUT2D eigenvalue weighted by Crippen LogP contribution is 2.34. The molecule has 2 N–H and O–H groups in total. The fourth-order valence-corrected chi connectivity index (χ4v) is 3.30. The molecule has 0 aromatic heterocycles. The van der Waals surface area contributed by atoms with Crippen molar-refractivity contribution < 1.29 is 33.3 Å². The summed E-state index contributed by atoms with van der Waals surface area (Å²) >= 11 is 0. The third-order valence-electron chi connectivity index (χ3n) is 4.94. The fourth-order valence-electron chi connectivity index (χ4n) is 3.30. The van der Waals surface area contributed by atoms with Crippen LogP contribution in [-0.4, -0.2) is 51.9 Å². The Balaban J connectivity index is 1.91. The van der Waals surface area contributed by atoms with Gasteiger partial charge in [-0.1, -0.05) is 19.8 Å². The summed E-state index contributed by atoms with van der Waals surface area (Å²) in [6.45, 7) is 1.47. The second-order valence-corrected chi connectivity index (χ2v) is 6.87. The maximum absolute atomic E-state index is 12.4. The monoisotopic (exact) mass is 408 g/mol. The predicted octanol–water partition coefficient (Wildman–Crippen LogP) is 2.27. The predicted molar refractivity (Wildman–Crippen MR) is 104 cm³/mol. The van der Waals surface area contributed by atoms with Crippen molar-refractivity contribution in [3.05, 3.63) is 17.7 Å². The number of urea groups is 1. The maximum Gasteiger partial charge on any atom is 0.342 e. The minimum absolute atomic E-state index is 0.0372. The van der Waals surface area contributed by atoms with E-state index in [4.69, 9.17) is 18.9 Å². The summed E-state index contributed by atoms with van der Waals surface area (Å²) in [5, 5.41) is 4.98. The third-order valence-corrected chi connectivity index (χ3v) is 4.94. The molecule has 1 fully saturated rings. The summed E-state index contributed by atoms with van der Waals surface area (Å²) in [5.74, 6) is -0.256. The van der Waals surface area contributed by atoms with Crippen LogP contribution in [0.25, 0.3) is 0 Å². The third kappa shape index (κ3) is 6.00. The number of imide groups is 1. The summed E-state index contributed by atoms with van der Waals surface area (Å²) in [6.07, 6.45) is 4.13. The van der Waals surface area contributed by atoms with E-state index in [1.54, 1.807) is 0 Å². The Kier molecular flexibility index (Phi) is 8.11. The number of carbonyl (C=O) groups excluding carboxylic acids is 3. The first-order valence-electron chi connectivity index (χ1n) is 9.47. The van der Waals surface area contributed by atoms with Gasteiger partial charge in [0.05, 0.1) is 21.3 Å². The lowest BCUT2D eigenvalue weighted by molar-refractivity contribution is -0.123. The topological polar surface area (TPSA) is 112 Å². The Morgan fingerprint density at radius 1 is 0.966 bits per heavy atom. The van der Waals surface area contributed by atoms with Crippen LogP contribution in [-0.2, 0) is 9.53 Å². The van der Waals surface area contributed by atoms with Gasteiger partial charge in [-0.2, -0.15) is 0 Å². The van der Waals surface area contributed by atoms with Gasteiger partial charge < -0.3 is 24.3 Å². The number of hydrogen-bond acceptors (Lipinski definition) is 7. The number of esters is 1. The molecule has 0 aliphatic heterocycles. The van der Waals surface area contributed by atoms with Crippen LogP contribution in [0.3, 0.4) is 0 Å². The fraction of sp³-hybridized carbons (Fsp3) is 0.550. The largest absolute Gasteiger partial charge is 0.496 e. The van der Waals surface area contributed by atoms with Crippen LogP contribution >= 0.6 is 0 Å². The molecule has 0 unspecified atom stereocenters. The smallest absolute Gasteiger partial charge is 0.342 e. The number of ether oxygens (including phenoxy) is 4. The molecule has 3 amide bonds. The van der Waals surface area contributed by atoms with Crippen molar-refractivity contribution in [1.29, 1.82) is 0 Å². The summed E-state index contributed by atoms with van der Waals surface area (Å²) in [7, 11) is 4.28. The van der Waals surface area contributed by atoms with E-state index in [1.807, 2.05) is 0 Å². The van der Waals surface area contributed by atoms with E-state index in [2.05, 4.69) is 17.6 Å².